The molecule has 17 heavy (non-hydrogen) atoms. The lowest BCUT2D eigenvalue weighted by molar-refractivity contribution is 0.0698. The highest BCUT2D eigenvalue weighted by Crippen LogP contribution is 2.30. The Hall–Kier alpha value is -2.30. The number of hydrogen-bond donors (Lipinski definition) is 2. The zero-order chi connectivity index (χ0) is 11.8. The molecule has 1 aliphatic rings. The molecule has 3 rings (SSSR count). The predicted molar refractivity (Wildman–Crippen MR) is 62.0 cm³/mol. The number of nitrogens with zero attached hydrogens (tertiary/aromatic N) is 2. The summed E-state index contributed by atoms with van der Waals surface area (Å²) in [5, 5.41) is 16.3. The van der Waals surface area contributed by atoms with E-state index in [9.17, 15) is 4.79 Å². The van der Waals surface area contributed by atoms with Crippen molar-refractivity contribution in [3.63, 3.8) is 0 Å². The number of rotatable bonds is 2. The Kier molecular flexibility index (Phi) is 2.11. The van der Waals surface area contributed by atoms with Crippen LogP contribution in [0.15, 0.2) is 36.5 Å². The van der Waals surface area contributed by atoms with Gasteiger partial charge in [0.05, 0.1) is 18.8 Å². The Bertz CT molecular complexity index is 562. The van der Waals surface area contributed by atoms with E-state index in [0.29, 0.717) is 12.4 Å². The molecule has 2 N–H and O–H groups in total. The van der Waals surface area contributed by atoms with Crippen molar-refractivity contribution < 1.29 is 9.90 Å². The Morgan fingerprint density at radius 1 is 1.41 bits per heavy atom. The van der Waals surface area contributed by atoms with Gasteiger partial charge < -0.3 is 10.4 Å². The largest absolute Gasteiger partial charge is 0.477 e. The molecule has 0 radical (unpaired) electrons. The Morgan fingerprint density at radius 3 is 2.88 bits per heavy atom. The Morgan fingerprint density at radius 2 is 2.18 bits per heavy atom. The van der Waals surface area contributed by atoms with Crippen LogP contribution in [0.5, 0.6) is 0 Å². The molecule has 5 nitrogen and oxygen atoms in total. The summed E-state index contributed by atoms with van der Waals surface area (Å²) < 4.78 is 1.70. The van der Waals surface area contributed by atoms with E-state index >= 15 is 0 Å². The first kappa shape index (κ1) is 9.89. The molecule has 0 bridgehead atoms. The van der Waals surface area contributed by atoms with Gasteiger partial charge in [0, 0.05) is 0 Å². The van der Waals surface area contributed by atoms with Gasteiger partial charge in [-0.1, -0.05) is 30.3 Å². The van der Waals surface area contributed by atoms with Crippen LogP contribution in [0.2, 0.25) is 0 Å². The number of carboxylic acid groups (broad SMARTS) is 1. The summed E-state index contributed by atoms with van der Waals surface area (Å²) in [6.07, 6.45) is 1.38. The van der Waals surface area contributed by atoms with E-state index in [0.717, 1.165) is 5.56 Å². The van der Waals surface area contributed by atoms with E-state index in [1.54, 1.807) is 4.68 Å². The number of nitrogens with one attached hydrogen (secondary N) is 1. The summed E-state index contributed by atoms with van der Waals surface area (Å²) in [4.78, 5) is 11.0. The molecular formula is C12H11N3O2. The van der Waals surface area contributed by atoms with E-state index in [2.05, 4.69) is 10.4 Å². The number of anilines is 1. The van der Waals surface area contributed by atoms with Crippen molar-refractivity contribution in [3.8, 4) is 0 Å². The van der Waals surface area contributed by atoms with Gasteiger partial charge in [0.2, 0.25) is 0 Å². The molecule has 0 aliphatic carbocycles. The molecule has 1 aromatic carbocycles. The maximum atomic E-state index is 11.0. The van der Waals surface area contributed by atoms with Gasteiger partial charge in [-0.25, -0.2) is 9.48 Å². The first-order valence-corrected chi connectivity index (χ1v) is 5.36. The molecule has 0 saturated heterocycles. The van der Waals surface area contributed by atoms with E-state index < -0.39 is 5.97 Å². The minimum atomic E-state index is -0.951. The first-order chi connectivity index (χ1) is 8.25. The van der Waals surface area contributed by atoms with Gasteiger partial charge in [0.25, 0.3) is 0 Å². The average Bonchev–Trinajstić information content (AvgIpc) is 2.88. The van der Waals surface area contributed by atoms with Crippen LogP contribution in [0.25, 0.3) is 0 Å². The standard InChI is InChI=1S/C12H11N3O2/c16-12(17)9-6-13-15-7-10(14-11(9)15)8-4-2-1-3-5-8/h1-6,10,14H,7H2,(H,16,17)/t10-/m1/s1. The summed E-state index contributed by atoms with van der Waals surface area (Å²) in [5.74, 6) is -0.362. The van der Waals surface area contributed by atoms with E-state index in [1.165, 1.54) is 6.20 Å². The van der Waals surface area contributed by atoms with Gasteiger partial charge in [-0.2, -0.15) is 5.10 Å². The van der Waals surface area contributed by atoms with Gasteiger partial charge in [0.1, 0.15) is 11.4 Å². The van der Waals surface area contributed by atoms with Crippen LogP contribution in [-0.4, -0.2) is 20.9 Å². The molecule has 0 unspecified atom stereocenters. The van der Waals surface area contributed by atoms with Crippen molar-refractivity contribution in [3.05, 3.63) is 47.7 Å². The third kappa shape index (κ3) is 1.56. The number of carboxylic acids is 1. The van der Waals surface area contributed by atoms with Gasteiger partial charge in [0.15, 0.2) is 0 Å². The normalized spacial score (nSPS) is 17.5. The van der Waals surface area contributed by atoms with Crippen molar-refractivity contribution in [2.24, 2.45) is 0 Å². The summed E-state index contributed by atoms with van der Waals surface area (Å²) in [6, 6.07) is 10.0. The second-order valence-corrected chi connectivity index (χ2v) is 4.00. The number of aromatic nitrogens is 2. The Balaban J connectivity index is 1.91. The molecule has 0 amide bonds. The van der Waals surface area contributed by atoms with Gasteiger partial charge in [-0.05, 0) is 5.56 Å². The fourth-order valence-electron chi connectivity index (χ4n) is 2.09. The Labute approximate surface area is 97.7 Å². The predicted octanol–water partition coefficient (Wildman–Crippen LogP) is 1.75. The molecule has 2 aromatic rings. The lowest BCUT2D eigenvalue weighted by Crippen LogP contribution is -2.08. The average molecular weight is 229 g/mol. The SMILES string of the molecule is O=C(O)c1cnn2c1N[C@@H](c1ccccc1)C2. The number of aromatic carboxylic acids is 1. The molecule has 0 spiro atoms. The summed E-state index contributed by atoms with van der Waals surface area (Å²) >= 11 is 0. The molecule has 1 atom stereocenters. The van der Waals surface area contributed by atoms with Crippen LogP contribution in [0.1, 0.15) is 22.0 Å². The van der Waals surface area contributed by atoms with Crippen LogP contribution in [0, 0.1) is 0 Å². The van der Waals surface area contributed by atoms with Crippen molar-refractivity contribution in [1.82, 2.24) is 9.78 Å². The van der Waals surface area contributed by atoms with Crippen LogP contribution in [0.3, 0.4) is 0 Å². The van der Waals surface area contributed by atoms with Crippen LogP contribution in [0.4, 0.5) is 5.82 Å². The fraction of sp³-hybridized carbons (Fsp3) is 0.167. The highest BCUT2D eigenvalue weighted by Gasteiger charge is 2.27. The van der Waals surface area contributed by atoms with E-state index in [-0.39, 0.29) is 11.6 Å². The van der Waals surface area contributed by atoms with E-state index in [1.807, 2.05) is 30.3 Å². The molecular weight excluding hydrogens is 218 g/mol. The minimum Gasteiger partial charge on any atom is -0.477 e. The van der Waals surface area contributed by atoms with Crippen molar-refractivity contribution in [2.75, 3.05) is 5.32 Å². The zero-order valence-electron chi connectivity index (χ0n) is 9.00. The topological polar surface area (TPSA) is 67.1 Å². The third-order valence-corrected chi connectivity index (χ3v) is 2.94. The maximum absolute atomic E-state index is 11.0. The molecule has 1 aromatic heterocycles. The maximum Gasteiger partial charge on any atom is 0.341 e. The van der Waals surface area contributed by atoms with Crippen LogP contribution in [-0.2, 0) is 6.54 Å². The molecule has 0 saturated carbocycles. The fourth-order valence-corrected chi connectivity index (χ4v) is 2.09. The smallest absolute Gasteiger partial charge is 0.341 e. The molecule has 5 heteroatoms. The lowest BCUT2D eigenvalue weighted by atomic mass is 10.1. The molecule has 86 valence electrons. The van der Waals surface area contributed by atoms with E-state index in [4.69, 9.17) is 5.11 Å². The third-order valence-electron chi connectivity index (χ3n) is 2.94. The quantitative estimate of drug-likeness (QED) is 0.823. The molecule has 1 aliphatic heterocycles. The second kappa shape index (κ2) is 3.62. The zero-order valence-corrected chi connectivity index (χ0v) is 9.00. The number of hydrogen-bond acceptors (Lipinski definition) is 3. The van der Waals surface area contributed by atoms with Gasteiger partial charge in [-0.15, -0.1) is 0 Å². The van der Waals surface area contributed by atoms with Crippen molar-refractivity contribution in [1.29, 1.82) is 0 Å². The van der Waals surface area contributed by atoms with Gasteiger partial charge in [-0.3, -0.25) is 0 Å². The summed E-state index contributed by atoms with van der Waals surface area (Å²) in [6.45, 7) is 0.659. The minimum absolute atomic E-state index is 0.0954. The number of fused-ring (bicyclic) bond motifs is 1. The summed E-state index contributed by atoms with van der Waals surface area (Å²) in [5.41, 5.74) is 1.36. The molecule has 2 heterocycles. The first-order valence-electron chi connectivity index (χ1n) is 5.36. The monoisotopic (exact) mass is 229 g/mol. The lowest BCUT2D eigenvalue weighted by Gasteiger charge is -2.10. The van der Waals surface area contributed by atoms with Crippen LogP contribution < -0.4 is 5.32 Å². The summed E-state index contributed by atoms with van der Waals surface area (Å²) in [7, 11) is 0. The number of benzene rings is 1. The van der Waals surface area contributed by atoms with Crippen LogP contribution >= 0.6 is 0 Å². The van der Waals surface area contributed by atoms with Gasteiger partial charge >= 0.3 is 5.97 Å². The number of carbonyl (C=O) groups is 1. The van der Waals surface area contributed by atoms with Crippen molar-refractivity contribution in [2.45, 2.75) is 12.6 Å². The highest BCUT2D eigenvalue weighted by molar-refractivity contribution is 5.93. The second-order valence-electron chi connectivity index (χ2n) is 4.00. The molecule has 0 fully saturated rings. The highest BCUT2D eigenvalue weighted by atomic mass is 16.4. The van der Waals surface area contributed by atoms with Crippen molar-refractivity contribution >= 4 is 11.8 Å².